The first kappa shape index (κ1) is 25.6. The van der Waals surface area contributed by atoms with E-state index in [-0.39, 0.29) is 40.8 Å². The Morgan fingerprint density at radius 1 is 1.22 bits per heavy atom. The Kier molecular flexibility index (Phi) is 6.93. The third kappa shape index (κ3) is 5.19. The number of anilines is 3. The van der Waals surface area contributed by atoms with Crippen molar-refractivity contribution >= 4 is 46.3 Å². The largest absolute Gasteiger partial charge is 0.393 e. The monoisotopic (exact) mass is 533 g/mol. The molecule has 2 aliphatic rings. The molecule has 1 aromatic carbocycles. The van der Waals surface area contributed by atoms with Gasteiger partial charge in [-0.2, -0.15) is 4.98 Å². The summed E-state index contributed by atoms with van der Waals surface area (Å²) in [5, 5.41) is 16.2. The van der Waals surface area contributed by atoms with Crippen LogP contribution < -0.4 is 16.4 Å². The number of nitrogens with zero attached hydrogens (tertiary/aromatic N) is 4. The molecule has 2 fully saturated rings. The second kappa shape index (κ2) is 10.0. The molecule has 0 saturated heterocycles. The standard InChI is InChI=1S/C25H30ClF2N7O2/c1-25(22(29)37)7-5-15(6-8-25)35-21-19(12-30-23(34-21)31-14-3-2-4-16(36)11-14)32-24(35)33-20-17(26)9-13(27)10-18(20)28/h9-10,12,14-16,36H,2-8,11H2,1H3,(H2,29,37)(H,32,33)(H,30,31,34)/t14-,15-,16?,25+/m0/s1. The number of halogens is 3. The van der Waals surface area contributed by atoms with Gasteiger partial charge in [0.25, 0.3) is 0 Å². The summed E-state index contributed by atoms with van der Waals surface area (Å²) < 4.78 is 30.1. The van der Waals surface area contributed by atoms with Gasteiger partial charge in [0.15, 0.2) is 11.5 Å². The summed E-state index contributed by atoms with van der Waals surface area (Å²) in [7, 11) is 0. The number of aliphatic hydroxyl groups is 1. The van der Waals surface area contributed by atoms with Gasteiger partial charge in [0.1, 0.15) is 11.3 Å². The molecule has 1 amide bonds. The van der Waals surface area contributed by atoms with Gasteiger partial charge >= 0.3 is 0 Å². The van der Waals surface area contributed by atoms with Gasteiger partial charge in [-0.05, 0) is 57.4 Å². The van der Waals surface area contributed by atoms with Crippen molar-refractivity contribution in [2.24, 2.45) is 11.1 Å². The van der Waals surface area contributed by atoms with Crippen molar-refractivity contribution in [2.45, 2.75) is 76.5 Å². The van der Waals surface area contributed by atoms with Crippen molar-refractivity contribution < 1.29 is 18.7 Å². The van der Waals surface area contributed by atoms with E-state index in [9.17, 15) is 18.7 Å². The van der Waals surface area contributed by atoms with Gasteiger partial charge < -0.3 is 21.5 Å². The Labute approximate surface area is 217 Å². The summed E-state index contributed by atoms with van der Waals surface area (Å²) in [5.74, 6) is -1.27. The van der Waals surface area contributed by atoms with Gasteiger partial charge in [-0.1, -0.05) is 18.5 Å². The second-order valence-electron chi connectivity index (χ2n) is 10.4. The third-order valence-corrected chi connectivity index (χ3v) is 7.97. The molecule has 198 valence electrons. The molecular weight excluding hydrogens is 504 g/mol. The summed E-state index contributed by atoms with van der Waals surface area (Å²) in [6.45, 7) is 1.87. The van der Waals surface area contributed by atoms with E-state index in [4.69, 9.17) is 22.3 Å². The highest BCUT2D eigenvalue weighted by atomic mass is 35.5. The molecule has 5 rings (SSSR count). The van der Waals surface area contributed by atoms with Gasteiger partial charge in [-0.25, -0.2) is 18.7 Å². The summed E-state index contributed by atoms with van der Waals surface area (Å²) in [6, 6.07) is 1.72. The number of amides is 1. The number of benzene rings is 1. The first-order chi connectivity index (χ1) is 17.6. The molecule has 12 heteroatoms. The molecular formula is C25H30ClF2N7O2. The third-order valence-electron chi connectivity index (χ3n) is 7.67. The van der Waals surface area contributed by atoms with Crippen LogP contribution in [0.3, 0.4) is 0 Å². The number of nitrogens with one attached hydrogen (secondary N) is 2. The van der Waals surface area contributed by atoms with E-state index in [0.29, 0.717) is 49.2 Å². The summed E-state index contributed by atoms with van der Waals surface area (Å²) in [4.78, 5) is 25.8. The molecule has 0 aliphatic heterocycles. The highest BCUT2D eigenvalue weighted by molar-refractivity contribution is 6.33. The van der Waals surface area contributed by atoms with Gasteiger partial charge in [-0.15, -0.1) is 0 Å². The van der Waals surface area contributed by atoms with E-state index in [1.165, 1.54) is 0 Å². The number of aromatic nitrogens is 4. The minimum Gasteiger partial charge on any atom is -0.393 e. The quantitative estimate of drug-likeness (QED) is 0.357. The highest BCUT2D eigenvalue weighted by Gasteiger charge is 2.38. The van der Waals surface area contributed by atoms with Crippen LogP contribution in [0.25, 0.3) is 11.2 Å². The smallest absolute Gasteiger partial charge is 0.224 e. The van der Waals surface area contributed by atoms with E-state index in [2.05, 4.69) is 20.6 Å². The van der Waals surface area contributed by atoms with Gasteiger partial charge in [0.2, 0.25) is 17.8 Å². The van der Waals surface area contributed by atoms with Crippen LogP contribution in [0, 0.1) is 17.0 Å². The minimum atomic E-state index is -0.849. The molecule has 9 nitrogen and oxygen atoms in total. The lowest BCUT2D eigenvalue weighted by Gasteiger charge is -2.35. The normalized spacial score (nSPS) is 26.2. The molecule has 2 aromatic heterocycles. The molecule has 5 N–H and O–H groups in total. The lowest BCUT2D eigenvalue weighted by Crippen LogP contribution is -2.38. The molecule has 0 bridgehead atoms. The van der Waals surface area contributed by atoms with Crippen LogP contribution in [0.15, 0.2) is 18.3 Å². The predicted molar refractivity (Wildman–Crippen MR) is 137 cm³/mol. The lowest BCUT2D eigenvalue weighted by atomic mass is 9.73. The number of primary amides is 1. The lowest BCUT2D eigenvalue weighted by molar-refractivity contribution is -0.128. The van der Waals surface area contributed by atoms with Gasteiger partial charge in [0, 0.05) is 23.6 Å². The fourth-order valence-electron chi connectivity index (χ4n) is 5.39. The van der Waals surface area contributed by atoms with Gasteiger partial charge in [0.05, 0.1) is 23.0 Å². The zero-order chi connectivity index (χ0) is 26.3. The summed E-state index contributed by atoms with van der Waals surface area (Å²) in [5.41, 5.74) is 5.97. The van der Waals surface area contributed by atoms with Crippen molar-refractivity contribution in [1.29, 1.82) is 0 Å². The van der Waals surface area contributed by atoms with Crippen molar-refractivity contribution in [1.82, 2.24) is 19.5 Å². The topological polar surface area (TPSA) is 131 Å². The first-order valence-corrected chi connectivity index (χ1v) is 12.9. The Morgan fingerprint density at radius 3 is 2.65 bits per heavy atom. The summed E-state index contributed by atoms with van der Waals surface area (Å²) in [6.07, 6.45) is 6.86. The number of carbonyl (C=O) groups excluding carboxylic acids is 1. The predicted octanol–water partition coefficient (Wildman–Crippen LogP) is 4.82. The number of nitrogens with two attached hydrogens (primary N) is 1. The van der Waals surface area contributed by atoms with Crippen molar-refractivity contribution in [2.75, 3.05) is 10.6 Å². The number of hydrogen-bond acceptors (Lipinski definition) is 7. The van der Waals surface area contributed by atoms with E-state index < -0.39 is 17.0 Å². The van der Waals surface area contributed by atoms with Crippen molar-refractivity contribution in [3.8, 4) is 0 Å². The Hall–Kier alpha value is -3.05. The van der Waals surface area contributed by atoms with Crippen LogP contribution in [0.1, 0.15) is 64.3 Å². The van der Waals surface area contributed by atoms with Crippen molar-refractivity contribution in [3.63, 3.8) is 0 Å². The van der Waals surface area contributed by atoms with E-state index in [1.54, 1.807) is 6.20 Å². The van der Waals surface area contributed by atoms with E-state index >= 15 is 0 Å². The zero-order valence-electron chi connectivity index (χ0n) is 20.5. The zero-order valence-corrected chi connectivity index (χ0v) is 21.2. The van der Waals surface area contributed by atoms with Crippen molar-refractivity contribution in [3.05, 3.63) is 35.0 Å². The highest BCUT2D eigenvalue weighted by Crippen LogP contribution is 2.43. The van der Waals surface area contributed by atoms with Crippen LogP contribution >= 0.6 is 11.6 Å². The second-order valence-corrected chi connectivity index (χ2v) is 10.8. The number of carbonyl (C=O) groups is 1. The molecule has 2 saturated carbocycles. The fourth-order valence-corrected chi connectivity index (χ4v) is 5.63. The molecule has 2 heterocycles. The summed E-state index contributed by atoms with van der Waals surface area (Å²) >= 11 is 6.15. The molecule has 2 atom stereocenters. The molecule has 1 unspecified atom stereocenters. The maximum absolute atomic E-state index is 14.6. The average Bonchev–Trinajstić information content (AvgIpc) is 3.19. The van der Waals surface area contributed by atoms with Crippen LogP contribution in [-0.2, 0) is 4.79 Å². The number of imidazole rings is 1. The Balaban J connectivity index is 1.52. The average molecular weight is 534 g/mol. The molecule has 0 spiro atoms. The fraction of sp³-hybridized carbons (Fsp3) is 0.520. The Morgan fingerprint density at radius 2 is 1.97 bits per heavy atom. The number of hydrogen-bond donors (Lipinski definition) is 4. The van der Waals surface area contributed by atoms with E-state index in [1.807, 2.05) is 11.5 Å². The van der Waals surface area contributed by atoms with Crippen LogP contribution in [0.2, 0.25) is 5.02 Å². The number of rotatable bonds is 6. The minimum absolute atomic E-state index is 0.0493. The molecule has 37 heavy (non-hydrogen) atoms. The van der Waals surface area contributed by atoms with Crippen LogP contribution in [-0.4, -0.2) is 42.7 Å². The molecule has 2 aliphatic carbocycles. The molecule has 0 radical (unpaired) electrons. The Bertz CT molecular complexity index is 1300. The molecule has 3 aromatic rings. The maximum Gasteiger partial charge on any atom is 0.224 e. The first-order valence-electron chi connectivity index (χ1n) is 12.5. The SMILES string of the molecule is C[C@]1(C(N)=O)CC[C@@H](n2c(Nc3c(F)cc(F)cc3Cl)nc3cnc(N[C@H]4CCCC(O)C4)nc32)CC1. The van der Waals surface area contributed by atoms with Crippen LogP contribution in [0.5, 0.6) is 0 Å². The number of fused-ring (bicyclic) bond motifs is 1. The van der Waals surface area contributed by atoms with Crippen LogP contribution in [0.4, 0.5) is 26.4 Å². The van der Waals surface area contributed by atoms with Gasteiger partial charge in [-0.3, -0.25) is 9.36 Å². The maximum atomic E-state index is 14.6. The number of aliphatic hydroxyl groups excluding tert-OH is 1. The van der Waals surface area contributed by atoms with E-state index in [0.717, 1.165) is 31.4 Å².